The summed E-state index contributed by atoms with van der Waals surface area (Å²) >= 11 is 1.58. The average Bonchev–Trinajstić information content (AvgIpc) is 3.32. The topological polar surface area (TPSA) is 84.9 Å². The van der Waals surface area contributed by atoms with Gasteiger partial charge in [-0.3, -0.25) is 4.79 Å². The van der Waals surface area contributed by atoms with E-state index in [1.54, 1.807) is 32.1 Å². The van der Waals surface area contributed by atoms with Gasteiger partial charge in [-0.1, -0.05) is 42.5 Å². The molecule has 1 amide bonds. The number of hydrogen-bond donors (Lipinski definition) is 2. The molecule has 6 nitrogen and oxygen atoms in total. The summed E-state index contributed by atoms with van der Waals surface area (Å²) in [6, 6.07) is 19.5. The molecule has 0 spiro atoms. The molecule has 0 saturated heterocycles. The fourth-order valence-corrected chi connectivity index (χ4v) is 4.03. The molecule has 7 heteroatoms. The third-order valence-electron chi connectivity index (χ3n) is 5.14. The van der Waals surface area contributed by atoms with Crippen LogP contribution >= 0.6 is 11.3 Å². The first-order valence-corrected chi connectivity index (χ1v) is 12.0. The SMILES string of the molecule is CC(C)(C)OC(=O)N[C@](C)(CO)C(=O)Cc1ccc(OCc2ccccc2)c(-c2cccs2)c1. The lowest BCUT2D eigenvalue weighted by molar-refractivity contribution is -0.125. The van der Waals surface area contributed by atoms with Crippen molar-refractivity contribution in [2.24, 2.45) is 0 Å². The van der Waals surface area contributed by atoms with Crippen LogP contribution in [0.3, 0.4) is 0 Å². The second kappa shape index (κ2) is 10.8. The Morgan fingerprint density at radius 3 is 2.32 bits per heavy atom. The Morgan fingerprint density at radius 2 is 1.71 bits per heavy atom. The minimum Gasteiger partial charge on any atom is -0.488 e. The Balaban J connectivity index is 1.79. The van der Waals surface area contributed by atoms with Crippen LogP contribution in [-0.4, -0.2) is 34.7 Å². The summed E-state index contributed by atoms with van der Waals surface area (Å²) in [5.41, 5.74) is 0.529. The maximum absolute atomic E-state index is 13.1. The van der Waals surface area contributed by atoms with E-state index in [1.807, 2.05) is 66.0 Å². The number of nitrogens with one attached hydrogen (secondary N) is 1. The lowest BCUT2D eigenvalue weighted by Gasteiger charge is -2.29. The Kier molecular flexibility index (Phi) is 8.12. The van der Waals surface area contributed by atoms with Gasteiger partial charge in [0.05, 0.1) is 6.61 Å². The van der Waals surface area contributed by atoms with Crippen LogP contribution in [0.5, 0.6) is 5.75 Å². The molecule has 3 aromatic rings. The molecule has 0 aliphatic carbocycles. The van der Waals surface area contributed by atoms with Crippen LogP contribution in [0.25, 0.3) is 10.4 Å². The number of carbonyl (C=O) groups excluding carboxylic acids is 2. The number of carbonyl (C=O) groups is 2. The molecule has 0 fully saturated rings. The van der Waals surface area contributed by atoms with Crippen molar-refractivity contribution in [3.63, 3.8) is 0 Å². The van der Waals surface area contributed by atoms with E-state index in [0.717, 1.165) is 27.3 Å². The number of benzene rings is 2. The molecule has 0 saturated carbocycles. The van der Waals surface area contributed by atoms with Gasteiger partial charge in [0.2, 0.25) is 0 Å². The van der Waals surface area contributed by atoms with Crippen molar-refractivity contribution in [3.8, 4) is 16.2 Å². The summed E-state index contributed by atoms with van der Waals surface area (Å²) in [4.78, 5) is 26.3. The molecule has 0 unspecified atom stereocenters. The number of alkyl carbamates (subject to hydrolysis) is 1. The molecule has 2 N–H and O–H groups in total. The van der Waals surface area contributed by atoms with Crippen LogP contribution in [0.4, 0.5) is 4.79 Å². The summed E-state index contributed by atoms with van der Waals surface area (Å²) in [5, 5.41) is 14.4. The third-order valence-corrected chi connectivity index (χ3v) is 6.04. The van der Waals surface area contributed by atoms with Crippen molar-refractivity contribution in [2.45, 2.75) is 51.9 Å². The number of thiophene rings is 1. The highest BCUT2D eigenvalue weighted by atomic mass is 32.1. The van der Waals surface area contributed by atoms with E-state index in [4.69, 9.17) is 9.47 Å². The number of Topliss-reactive ketones (excluding diaryl/α,β-unsaturated/α-hetero) is 1. The van der Waals surface area contributed by atoms with Crippen LogP contribution < -0.4 is 10.1 Å². The van der Waals surface area contributed by atoms with Gasteiger partial charge in [0, 0.05) is 16.9 Å². The third kappa shape index (κ3) is 6.92. The fraction of sp³-hybridized carbons (Fsp3) is 0.333. The zero-order valence-corrected chi connectivity index (χ0v) is 20.8. The minimum absolute atomic E-state index is 0.0319. The molecule has 180 valence electrons. The van der Waals surface area contributed by atoms with E-state index in [2.05, 4.69) is 5.32 Å². The van der Waals surface area contributed by atoms with Gasteiger partial charge in [-0.2, -0.15) is 0 Å². The van der Waals surface area contributed by atoms with E-state index in [9.17, 15) is 14.7 Å². The largest absolute Gasteiger partial charge is 0.488 e. The first-order valence-electron chi connectivity index (χ1n) is 11.1. The van der Waals surface area contributed by atoms with Crippen molar-refractivity contribution in [3.05, 3.63) is 77.2 Å². The van der Waals surface area contributed by atoms with E-state index in [0.29, 0.717) is 6.61 Å². The highest BCUT2D eigenvalue weighted by Gasteiger charge is 2.35. The first-order chi connectivity index (χ1) is 16.1. The minimum atomic E-state index is -1.46. The van der Waals surface area contributed by atoms with Gasteiger partial charge in [0.25, 0.3) is 0 Å². The highest BCUT2D eigenvalue weighted by molar-refractivity contribution is 7.13. The summed E-state index contributed by atoms with van der Waals surface area (Å²) in [7, 11) is 0. The van der Waals surface area contributed by atoms with Gasteiger partial charge in [-0.25, -0.2) is 4.79 Å². The Bertz CT molecular complexity index is 1110. The maximum atomic E-state index is 13.1. The monoisotopic (exact) mass is 481 g/mol. The number of rotatable bonds is 9. The zero-order chi connectivity index (χ0) is 24.8. The lowest BCUT2D eigenvalue weighted by atomic mass is 9.91. The number of aliphatic hydroxyl groups excluding tert-OH is 1. The first kappa shape index (κ1) is 25.5. The molecule has 2 aromatic carbocycles. The predicted octanol–water partition coefficient (Wildman–Crippen LogP) is 5.38. The maximum Gasteiger partial charge on any atom is 0.408 e. The molecule has 1 heterocycles. The van der Waals surface area contributed by atoms with Crippen LogP contribution in [0.1, 0.15) is 38.8 Å². The number of ketones is 1. The molecule has 0 aliphatic heterocycles. The van der Waals surface area contributed by atoms with Gasteiger partial charge in [0.15, 0.2) is 5.78 Å². The van der Waals surface area contributed by atoms with Crippen LogP contribution in [0, 0.1) is 0 Å². The van der Waals surface area contributed by atoms with Gasteiger partial charge in [0.1, 0.15) is 23.5 Å². The van der Waals surface area contributed by atoms with Crippen molar-refractivity contribution in [1.29, 1.82) is 0 Å². The van der Waals surface area contributed by atoms with Crippen LogP contribution in [0.2, 0.25) is 0 Å². The molecular formula is C27H31NO5S. The standard InChI is InChI=1S/C27H31NO5S/c1-26(2,3)33-25(31)28-27(4,18-29)24(30)16-20-12-13-22(21(15-20)23-11-8-14-34-23)32-17-19-9-6-5-7-10-19/h5-15,29H,16-18H2,1-4H3,(H,28,31)/t27-/m1/s1. The summed E-state index contributed by atoms with van der Waals surface area (Å²) in [6.45, 7) is 6.59. The Hall–Kier alpha value is -3.16. The Morgan fingerprint density at radius 1 is 0.971 bits per heavy atom. The quantitative estimate of drug-likeness (QED) is 0.429. The van der Waals surface area contributed by atoms with E-state index in [-0.39, 0.29) is 12.2 Å². The van der Waals surface area contributed by atoms with Gasteiger partial charge in [-0.15, -0.1) is 11.3 Å². The predicted molar refractivity (Wildman–Crippen MR) is 134 cm³/mol. The van der Waals surface area contributed by atoms with E-state index in [1.165, 1.54) is 6.92 Å². The number of hydrogen-bond acceptors (Lipinski definition) is 6. The van der Waals surface area contributed by atoms with Gasteiger partial charge in [-0.05, 0) is 62.4 Å². The van der Waals surface area contributed by atoms with Crippen molar-refractivity contribution < 1.29 is 24.2 Å². The second-order valence-electron chi connectivity index (χ2n) is 9.30. The fourth-order valence-electron chi connectivity index (χ4n) is 3.28. The Labute approximate surface area is 204 Å². The van der Waals surface area contributed by atoms with Gasteiger partial charge < -0.3 is 19.9 Å². The highest BCUT2D eigenvalue weighted by Crippen LogP contribution is 2.35. The van der Waals surface area contributed by atoms with E-state index < -0.39 is 23.8 Å². The molecule has 0 bridgehead atoms. The van der Waals surface area contributed by atoms with Crippen molar-refractivity contribution >= 4 is 23.2 Å². The summed E-state index contributed by atoms with van der Waals surface area (Å²) < 4.78 is 11.4. The van der Waals surface area contributed by atoms with Crippen LogP contribution in [-0.2, 0) is 22.6 Å². The lowest BCUT2D eigenvalue weighted by Crippen LogP contribution is -2.56. The van der Waals surface area contributed by atoms with Crippen LogP contribution in [0.15, 0.2) is 66.0 Å². The normalized spacial score (nSPS) is 13.1. The number of aliphatic hydroxyl groups is 1. The molecule has 34 heavy (non-hydrogen) atoms. The molecule has 3 rings (SSSR count). The average molecular weight is 482 g/mol. The molecule has 1 atom stereocenters. The second-order valence-corrected chi connectivity index (χ2v) is 10.2. The molecule has 0 aliphatic rings. The summed E-state index contributed by atoms with van der Waals surface area (Å²) in [6.07, 6.45) is -0.717. The van der Waals surface area contributed by atoms with Gasteiger partial charge >= 0.3 is 6.09 Å². The molecular weight excluding hydrogens is 450 g/mol. The zero-order valence-electron chi connectivity index (χ0n) is 20.0. The summed E-state index contributed by atoms with van der Waals surface area (Å²) in [5.74, 6) is 0.398. The molecule has 0 radical (unpaired) electrons. The van der Waals surface area contributed by atoms with Crippen molar-refractivity contribution in [1.82, 2.24) is 5.32 Å². The molecule has 1 aromatic heterocycles. The van der Waals surface area contributed by atoms with Crippen molar-refractivity contribution in [2.75, 3.05) is 6.61 Å². The smallest absolute Gasteiger partial charge is 0.408 e. The number of ether oxygens (including phenoxy) is 2. The van der Waals surface area contributed by atoms with E-state index >= 15 is 0 Å². The number of amides is 1.